The van der Waals surface area contributed by atoms with Gasteiger partial charge in [0.2, 0.25) is 0 Å². The van der Waals surface area contributed by atoms with Gasteiger partial charge in [0.05, 0.1) is 26.7 Å². The van der Waals surface area contributed by atoms with Crippen LogP contribution in [0.15, 0.2) is 12.1 Å². The van der Waals surface area contributed by atoms with Crippen LogP contribution < -0.4 is 19.5 Å². The Bertz CT molecular complexity index is 727. The number of fused-ring (bicyclic) bond motifs is 1. The van der Waals surface area contributed by atoms with E-state index in [-0.39, 0.29) is 18.5 Å². The fourth-order valence-electron chi connectivity index (χ4n) is 4.52. The van der Waals surface area contributed by atoms with E-state index in [2.05, 4.69) is 5.32 Å². The monoisotopic (exact) mass is 392 g/mol. The van der Waals surface area contributed by atoms with Crippen molar-refractivity contribution in [2.45, 2.75) is 25.7 Å². The highest BCUT2D eigenvalue weighted by atomic mass is 16.5. The molecule has 0 spiro atoms. The van der Waals surface area contributed by atoms with Crippen molar-refractivity contribution in [1.82, 2.24) is 10.2 Å². The first-order valence-corrected chi connectivity index (χ1v) is 9.50. The van der Waals surface area contributed by atoms with E-state index in [4.69, 9.17) is 14.2 Å². The first-order valence-electron chi connectivity index (χ1n) is 9.50. The van der Waals surface area contributed by atoms with Crippen molar-refractivity contribution in [3.63, 3.8) is 0 Å². The maximum absolute atomic E-state index is 12.6. The quantitative estimate of drug-likeness (QED) is 0.738. The molecule has 0 bridgehead atoms. The molecule has 2 atom stereocenters. The second kappa shape index (κ2) is 8.16. The summed E-state index contributed by atoms with van der Waals surface area (Å²) in [4.78, 5) is 26.0. The van der Waals surface area contributed by atoms with Gasteiger partial charge in [-0.15, -0.1) is 0 Å². The van der Waals surface area contributed by atoms with Crippen LogP contribution in [0, 0.1) is 11.3 Å². The van der Waals surface area contributed by atoms with Crippen molar-refractivity contribution in [3.8, 4) is 17.2 Å². The minimum atomic E-state index is -0.780. The Morgan fingerprint density at radius 1 is 1.21 bits per heavy atom. The normalized spacial score (nSPS) is 23.2. The van der Waals surface area contributed by atoms with Crippen molar-refractivity contribution >= 4 is 12.0 Å². The molecule has 1 heterocycles. The lowest BCUT2D eigenvalue weighted by atomic mass is 9.81. The van der Waals surface area contributed by atoms with Gasteiger partial charge in [0, 0.05) is 37.3 Å². The Hall–Kier alpha value is -2.64. The number of ether oxygens (including phenoxy) is 3. The van der Waals surface area contributed by atoms with Crippen molar-refractivity contribution in [2.75, 3.05) is 41.0 Å². The highest BCUT2D eigenvalue weighted by Gasteiger charge is 2.55. The summed E-state index contributed by atoms with van der Waals surface area (Å²) in [6, 6.07) is 3.33. The number of carboxylic acids is 1. The van der Waals surface area contributed by atoms with Gasteiger partial charge in [-0.25, -0.2) is 4.79 Å². The molecule has 1 aromatic carbocycles. The Kier molecular flexibility index (Phi) is 5.86. The smallest absolute Gasteiger partial charge is 0.317 e. The standard InChI is InChI=1S/C20H28N2O6/c1-26-14-9-16(27-2)15(17(10-14)28-3)6-8-21-19(25)22-11-13-5-4-7-20(13,12-22)18(23)24/h9-10,13H,4-8,11-12H2,1-3H3,(H,21,25)(H,23,24)/t13-,20+/m0/s1. The number of urea groups is 1. The van der Waals surface area contributed by atoms with Gasteiger partial charge in [0.15, 0.2) is 0 Å². The number of methoxy groups -OCH3 is 3. The van der Waals surface area contributed by atoms with Gasteiger partial charge in [-0.2, -0.15) is 0 Å². The Morgan fingerprint density at radius 2 is 1.89 bits per heavy atom. The molecule has 8 heteroatoms. The molecule has 2 N–H and O–H groups in total. The predicted molar refractivity (Wildman–Crippen MR) is 102 cm³/mol. The lowest BCUT2D eigenvalue weighted by Gasteiger charge is -2.23. The number of rotatable bonds is 7. The Balaban J connectivity index is 1.62. The Morgan fingerprint density at radius 3 is 2.43 bits per heavy atom. The number of carbonyl (C=O) groups excluding carboxylic acids is 1. The molecule has 0 radical (unpaired) electrons. The van der Waals surface area contributed by atoms with Crippen LogP contribution in [0.3, 0.4) is 0 Å². The molecule has 1 aromatic rings. The number of hydrogen-bond donors (Lipinski definition) is 2. The summed E-state index contributed by atoms with van der Waals surface area (Å²) < 4.78 is 16.1. The number of likely N-dealkylation sites (tertiary alicyclic amines) is 1. The first kappa shape index (κ1) is 20.1. The van der Waals surface area contributed by atoms with Crippen LogP contribution in [0.2, 0.25) is 0 Å². The predicted octanol–water partition coefficient (Wildman–Crippen LogP) is 2.15. The SMILES string of the molecule is COc1cc(OC)c(CCNC(=O)N2C[C@@H]3CCC[C@@]3(C(=O)O)C2)c(OC)c1. The molecule has 2 fully saturated rings. The maximum atomic E-state index is 12.6. The molecular weight excluding hydrogens is 364 g/mol. The molecular formula is C20H28N2O6. The second-order valence-electron chi connectivity index (χ2n) is 7.42. The largest absolute Gasteiger partial charge is 0.496 e. The van der Waals surface area contributed by atoms with E-state index in [9.17, 15) is 14.7 Å². The van der Waals surface area contributed by atoms with Crippen LogP contribution in [-0.2, 0) is 11.2 Å². The summed E-state index contributed by atoms with van der Waals surface area (Å²) >= 11 is 0. The molecule has 8 nitrogen and oxygen atoms in total. The van der Waals surface area contributed by atoms with Crippen LogP contribution in [0.4, 0.5) is 4.79 Å². The molecule has 0 unspecified atom stereocenters. The van der Waals surface area contributed by atoms with Crippen molar-refractivity contribution in [2.24, 2.45) is 11.3 Å². The van der Waals surface area contributed by atoms with Gasteiger partial charge >= 0.3 is 12.0 Å². The molecule has 2 aliphatic rings. The minimum absolute atomic E-state index is 0.0533. The van der Waals surface area contributed by atoms with Crippen LogP contribution in [-0.4, -0.2) is 63.0 Å². The summed E-state index contributed by atoms with van der Waals surface area (Å²) in [6.07, 6.45) is 2.96. The van der Waals surface area contributed by atoms with E-state index in [1.165, 1.54) is 0 Å². The molecule has 0 aromatic heterocycles. The van der Waals surface area contributed by atoms with Crippen molar-refractivity contribution < 1.29 is 28.9 Å². The number of benzene rings is 1. The number of carbonyl (C=O) groups is 2. The van der Waals surface area contributed by atoms with E-state index in [0.717, 1.165) is 18.4 Å². The van der Waals surface area contributed by atoms with E-state index in [0.29, 0.717) is 43.2 Å². The highest BCUT2D eigenvalue weighted by Crippen LogP contribution is 2.48. The summed E-state index contributed by atoms with van der Waals surface area (Å²) in [5.74, 6) is 1.16. The van der Waals surface area contributed by atoms with Gasteiger partial charge < -0.3 is 29.5 Å². The number of nitrogens with one attached hydrogen (secondary N) is 1. The average molecular weight is 392 g/mol. The topological polar surface area (TPSA) is 97.3 Å². The zero-order chi connectivity index (χ0) is 20.3. The van der Waals surface area contributed by atoms with Gasteiger partial charge in [-0.3, -0.25) is 4.79 Å². The third kappa shape index (κ3) is 3.55. The second-order valence-corrected chi connectivity index (χ2v) is 7.42. The van der Waals surface area contributed by atoms with E-state index < -0.39 is 11.4 Å². The third-order valence-corrected chi connectivity index (χ3v) is 6.05. The first-order chi connectivity index (χ1) is 13.4. The third-order valence-electron chi connectivity index (χ3n) is 6.05. The molecule has 1 saturated heterocycles. The van der Waals surface area contributed by atoms with Gasteiger partial charge in [-0.1, -0.05) is 6.42 Å². The van der Waals surface area contributed by atoms with Crippen molar-refractivity contribution in [3.05, 3.63) is 17.7 Å². The van der Waals surface area contributed by atoms with E-state index in [1.54, 1.807) is 38.4 Å². The summed E-state index contributed by atoms with van der Waals surface area (Å²) in [7, 11) is 4.72. The van der Waals surface area contributed by atoms with Crippen LogP contribution >= 0.6 is 0 Å². The molecule has 28 heavy (non-hydrogen) atoms. The molecule has 1 aliphatic carbocycles. The fourth-order valence-corrected chi connectivity index (χ4v) is 4.52. The summed E-state index contributed by atoms with van der Waals surface area (Å²) in [6.45, 7) is 1.18. The lowest BCUT2D eigenvalue weighted by molar-refractivity contribution is -0.149. The number of aliphatic carboxylic acids is 1. The molecule has 3 rings (SSSR count). The number of hydrogen-bond acceptors (Lipinski definition) is 5. The molecule has 1 saturated carbocycles. The van der Waals surface area contributed by atoms with E-state index >= 15 is 0 Å². The number of carboxylic acid groups (broad SMARTS) is 1. The zero-order valence-corrected chi connectivity index (χ0v) is 16.6. The minimum Gasteiger partial charge on any atom is -0.496 e. The number of amides is 2. The number of nitrogens with zero attached hydrogens (tertiary/aromatic N) is 1. The van der Waals surface area contributed by atoms with E-state index in [1.807, 2.05) is 0 Å². The Labute approximate surface area is 164 Å². The molecule has 154 valence electrons. The van der Waals surface area contributed by atoms with Gasteiger partial charge in [0.1, 0.15) is 17.2 Å². The summed E-state index contributed by atoms with van der Waals surface area (Å²) in [5, 5.41) is 12.6. The van der Waals surface area contributed by atoms with Gasteiger partial charge in [0.25, 0.3) is 0 Å². The van der Waals surface area contributed by atoms with Crippen LogP contribution in [0.5, 0.6) is 17.2 Å². The van der Waals surface area contributed by atoms with Crippen molar-refractivity contribution in [1.29, 1.82) is 0 Å². The lowest BCUT2D eigenvalue weighted by Crippen LogP contribution is -2.42. The molecule has 2 amide bonds. The summed E-state index contributed by atoms with van der Waals surface area (Å²) in [5.41, 5.74) is 0.0751. The fraction of sp³-hybridized carbons (Fsp3) is 0.600. The van der Waals surface area contributed by atoms with Gasteiger partial charge in [-0.05, 0) is 25.2 Å². The van der Waals surface area contributed by atoms with Crippen LogP contribution in [0.25, 0.3) is 0 Å². The average Bonchev–Trinajstić information content (AvgIpc) is 3.26. The van der Waals surface area contributed by atoms with Crippen LogP contribution in [0.1, 0.15) is 24.8 Å². The molecule has 1 aliphatic heterocycles. The zero-order valence-electron chi connectivity index (χ0n) is 16.6. The highest BCUT2D eigenvalue weighted by molar-refractivity contribution is 5.80. The maximum Gasteiger partial charge on any atom is 0.317 e.